The molecule has 0 aliphatic heterocycles. The highest BCUT2D eigenvalue weighted by Gasteiger charge is 2.38. The van der Waals surface area contributed by atoms with Gasteiger partial charge in [0, 0.05) is 6.04 Å². The summed E-state index contributed by atoms with van der Waals surface area (Å²) in [7, 11) is -1.55. The topological polar surface area (TPSA) is 69.4 Å². The van der Waals surface area contributed by atoms with Gasteiger partial charge in [-0.1, -0.05) is 13.0 Å². The number of benzene rings is 1. The summed E-state index contributed by atoms with van der Waals surface area (Å²) < 4.78 is 30.3. The molecule has 3 unspecified atom stereocenters. The zero-order valence-electron chi connectivity index (χ0n) is 12.3. The molecule has 3 atom stereocenters. The second kappa shape index (κ2) is 5.74. The van der Waals surface area contributed by atoms with E-state index in [9.17, 15) is 8.42 Å². The van der Waals surface area contributed by atoms with Gasteiger partial charge >= 0.3 is 0 Å². The third kappa shape index (κ3) is 2.56. The van der Waals surface area contributed by atoms with E-state index in [1.807, 2.05) is 25.1 Å². The lowest BCUT2D eigenvalue weighted by atomic mass is 9.87. The van der Waals surface area contributed by atoms with Gasteiger partial charge in [-0.05, 0) is 49.4 Å². The van der Waals surface area contributed by atoms with Crippen molar-refractivity contribution in [1.29, 1.82) is 0 Å². The van der Waals surface area contributed by atoms with E-state index in [1.165, 1.54) is 0 Å². The molecule has 1 aliphatic carbocycles. The SMILES string of the molecule is CCC(C)S(=O)(=O)C1CCc2cc(OC)ccc2C1N. The van der Waals surface area contributed by atoms with Gasteiger partial charge in [0.1, 0.15) is 5.75 Å². The van der Waals surface area contributed by atoms with Gasteiger partial charge < -0.3 is 10.5 Å². The van der Waals surface area contributed by atoms with E-state index in [-0.39, 0.29) is 5.25 Å². The molecule has 0 saturated heterocycles. The molecule has 1 aliphatic rings. The van der Waals surface area contributed by atoms with Gasteiger partial charge in [-0.15, -0.1) is 0 Å². The van der Waals surface area contributed by atoms with Gasteiger partial charge in [-0.3, -0.25) is 0 Å². The number of hydrogen-bond acceptors (Lipinski definition) is 4. The Labute approximate surface area is 121 Å². The third-order valence-corrected chi connectivity index (χ3v) is 7.19. The highest BCUT2D eigenvalue weighted by Crippen LogP contribution is 2.35. The van der Waals surface area contributed by atoms with E-state index in [0.29, 0.717) is 12.8 Å². The maximum atomic E-state index is 12.6. The minimum atomic E-state index is -3.18. The van der Waals surface area contributed by atoms with Crippen LogP contribution in [0.3, 0.4) is 0 Å². The summed E-state index contributed by atoms with van der Waals surface area (Å²) in [6, 6.07) is 5.26. The van der Waals surface area contributed by atoms with Crippen LogP contribution in [0, 0.1) is 0 Å². The second-order valence-electron chi connectivity index (χ2n) is 5.48. The van der Waals surface area contributed by atoms with Crippen LogP contribution in [0.5, 0.6) is 5.75 Å². The van der Waals surface area contributed by atoms with Crippen LogP contribution in [0.1, 0.15) is 43.9 Å². The van der Waals surface area contributed by atoms with E-state index in [2.05, 4.69) is 0 Å². The first-order valence-corrected chi connectivity index (χ1v) is 8.67. The molecule has 4 nitrogen and oxygen atoms in total. The van der Waals surface area contributed by atoms with E-state index >= 15 is 0 Å². The van der Waals surface area contributed by atoms with Crippen molar-refractivity contribution < 1.29 is 13.2 Å². The zero-order chi connectivity index (χ0) is 14.9. The maximum absolute atomic E-state index is 12.6. The molecule has 0 bridgehead atoms. The van der Waals surface area contributed by atoms with Crippen LogP contribution < -0.4 is 10.5 Å². The summed E-state index contributed by atoms with van der Waals surface area (Å²) >= 11 is 0. The van der Waals surface area contributed by atoms with Crippen LogP contribution in [-0.4, -0.2) is 26.0 Å². The summed E-state index contributed by atoms with van der Waals surface area (Å²) in [5.41, 5.74) is 8.28. The molecule has 0 radical (unpaired) electrons. The first-order chi connectivity index (χ1) is 9.41. The highest BCUT2D eigenvalue weighted by molar-refractivity contribution is 7.92. The number of hydrogen-bond donors (Lipinski definition) is 1. The maximum Gasteiger partial charge on any atom is 0.157 e. The van der Waals surface area contributed by atoms with Crippen LogP contribution >= 0.6 is 0 Å². The first-order valence-electron chi connectivity index (χ1n) is 7.06. The molecule has 0 saturated carbocycles. The van der Waals surface area contributed by atoms with Crippen molar-refractivity contribution in [2.45, 2.75) is 49.7 Å². The van der Waals surface area contributed by atoms with Gasteiger partial charge in [-0.25, -0.2) is 8.42 Å². The lowest BCUT2D eigenvalue weighted by molar-refractivity contribution is 0.413. The summed E-state index contributed by atoms with van der Waals surface area (Å²) in [5, 5.41) is -0.809. The average Bonchev–Trinajstić information content (AvgIpc) is 2.45. The number of fused-ring (bicyclic) bond motifs is 1. The Morgan fingerprint density at radius 2 is 2.15 bits per heavy atom. The minimum Gasteiger partial charge on any atom is -0.497 e. The molecular formula is C15H23NO3S. The molecule has 2 rings (SSSR count). The van der Waals surface area contributed by atoms with Gasteiger partial charge in [-0.2, -0.15) is 0 Å². The van der Waals surface area contributed by atoms with Gasteiger partial charge in [0.05, 0.1) is 17.6 Å². The molecule has 2 N–H and O–H groups in total. The summed E-state index contributed by atoms with van der Waals surface area (Å²) in [5.74, 6) is 0.791. The van der Waals surface area contributed by atoms with Crippen molar-refractivity contribution in [1.82, 2.24) is 0 Å². The molecule has 0 heterocycles. The van der Waals surface area contributed by atoms with Crippen molar-refractivity contribution in [2.24, 2.45) is 5.73 Å². The van der Waals surface area contributed by atoms with Gasteiger partial charge in [0.25, 0.3) is 0 Å². The quantitative estimate of drug-likeness (QED) is 0.925. The van der Waals surface area contributed by atoms with Crippen LogP contribution in [0.15, 0.2) is 18.2 Å². The van der Waals surface area contributed by atoms with E-state index in [4.69, 9.17) is 10.5 Å². The zero-order valence-corrected chi connectivity index (χ0v) is 13.1. The molecule has 1 aromatic rings. The number of sulfone groups is 1. The lowest BCUT2D eigenvalue weighted by Crippen LogP contribution is -2.41. The first kappa shape index (κ1) is 15.3. The fourth-order valence-corrected chi connectivity index (χ4v) is 4.89. The van der Waals surface area contributed by atoms with Crippen LogP contribution in [0.4, 0.5) is 0 Å². The van der Waals surface area contributed by atoms with Crippen molar-refractivity contribution in [3.05, 3.63) is 29.3 Å². The average molecular weight is 297 g/mol. The Balaban J connectivity index is 2.35. The molecule has 0 spiro atoms. The molecule has 20 heavy (non-hydrogen) atoms. The number of ether oxygens (including phenoxy) is 1. The number of methoxy groups -OCH3 is 1. The molecule has 112 valence electrons. The summed E-state index contributed by atoms with van der Waals surface area (Å²) in [4.78, 5) is 0. The Hall–Kier alpha value is -1.07. The molecule has 0 amide bonds. The van der Waals surface area contributed by atoms with Crippen LogP contribution in [-0.2, 0) is 16.3 Å². The third-order valence-electron chi connectivity index (χ3n) is 4.37. The van der Waals surface area contributed by atoms with Crippen molar-refractivity contribution >= 4 is 9.84 Å². The molecule has 0 aromatic heterocycles. The van der Waals surface area contributed by atoms with E-state index in [0.717, 1.165) is 23.3 Å². The smallest absolute Gasteiger partial charge is 0.157 e. The lowest BCUT2D eigenvalue weighted by Gasteiger charge is -2.32. The normalized spacial score (nSPS) is 24.0. The fourth-order valence-electron chi connectivity index (χ4n) is 2.83. The molecule has 1 aromatic carbocycles. The predicted octanol–water partition coefficient (Wildman–Crippen LogP) is 2.22. The Bertz CT molecular complexity index is 583. The van der Waals surface area contributed by atoms with E-state index in [1.54, 1.807) is 14.0 Å². The highest BCUT2D eigenvalue weighted by atomic mass is 32.2. The van der Waals surface area contributed by atoms with Gasteiger partial charge in [0.2, 0.25) is 0 Å². The fraction of sp³-hybridized carbons (Fsp3) is 0.600. The Morgan fingerprint density at radius 1 is 1.45 bits per heavy atom. The molecule has 0 fully saturated rings. The number of rotatable bonds is 4. The predicted molar refractivity (Wildman–Crippen MR) is 80.7 cm³/mol. The Kier molecular flexibility index (Phi) is 4.39. The van der Waals surface area contributed by atoms with Gasteiger partial charge in [0.15, 0.2) is 9.84 Å². The second-order valence-corrected chi connectivity index (χ2v) is 8.06. The minimum absolute atomic E-state index is 0.335. The standard InChI is InChI=1S/C15H23NO3S/c1-4-10(2)20(17,18)14-8-5-11-9-12(19-3)6-7-13(11)15(14)16/h6-7,9-10,14-15H,4-5,8,16H2,1-3H3. The summed E-state index contributed by atoms with van der Waals surface area (Å²) in [6.45, 7) is 3.67. The molecular weight excluding hydrogens is 274 g/mol. The Morgan fingerprint density at radius 3 is 2.75 bits per heavy atom. The largest absolute Gasteiger partial charge is 0.497 e. The number of nitrogens with two attached hydrogens (primary N) is 1. The van der Waals surface area contributed by atoms with E-state index < -0.39 is 21.1 Å². The monoisotopic (exact) mass is 297 g/mol. The number of aryl methyl sites for hydroxylation is 1. The van der Waals surface area contributed by atoms with Crippen molar-refractivity contribution in [3.63, 3.8) is 0 Å². The van der Waals surface area contributed by atoms with Crippen molar-refractivity contribution in [2.75, 3.05) is 7.11 Å². The van der Waals surface area contributed by atoms with Crippen LogP contribution in [0.2, 0.25) is 0 Å². The van der Waals surface area contributed by atoms with Crippen LogP contribution in [0.25, 0.3) is 0 Å². The summed E-state index contributed by atoms with van der Waals surface area (Å²) in [6.07, 6.45) is 1.95. The van der Waals surface area contributed by atoms with Crippen molar-refractivity contribution in [3.8, 4) is 5.75 Å². The molecule has 5 heteroatoms.